The summed E-state index contributed by atoms with van der Waals surface area (Å²) >= 11 is 0. The Hall–Kier alpha value is -4.06. The highest BCUT2D eigenvalue weighted by Gasteiger charge is 2.31. The number of nitrogens with zero attached hydrogens (tertiary/aromatic N) is 3. The van der Waals surface area contributed by atoms with Gasteiger partial charge >= 0.3 is 6.16 Å². The van der Waals surface area contributed by atoms with Gasteiger partial charge in [0.1, 0.15) is 28.9 Å². The number of benzene rings is 1. The van der Waals surface area contributed by atoms with Crippen molar-refractivity contribution in [1.82, 2.24) is 25.3 Å². The molecular weight excluding hydrogens is 530 g/mol. The van der Waals surface area contributed by atoms with Gasteiger partial charge in [-0.15, -0.1) is 5.06 Å². The quantitative estimate of drug-likeness (QED) is 0.394. The smallest absolute Gasteiger partial charge is 0.492 e. The van der Waals surface area contributed by atoms with Crippen molar-refractivity contribution in [1.29, 1.82) is 0 Å². The van der Waals surface area contributed by atoms with Gasteiger partial charge in [-0.1, -0.05) is 0 Å². The molecule has 4 heterocycles. The lowest BCUT2D eigenvalue weighted by Crippen LogP contribution is -2.45. The molecule has 1 saturated carbocycles. The maximum Gasteiger partial charge on any atom is 0.528 e. The molecule has 3 aromatic rings. The topological polar surface area (TPSA) is 137 Å². The van der Waals surface area contributed by atoms with Crippen LogP contribution in [0.1, 0.15) is 62.5 Å². The molecule has 12 heteroatoms. The highest BCUT2D eigenvalue weighted by atomic mass is 16.8. The first-order valence-electron chi connectivity index (χ1n) is 14.0. The van der Waals surface area contributed by atoms with Gasteiger partial charge in [-0.3, -0.25) is 4.79 Å². The second kappa shape index (κ2) is 10.7. The van der Waals surface area contributed by atoms with Crippen LogP contribution in [0.2, 0.25) is 0 Å². The molecule has 0 radical (unpaired) electrons. The fourth-order valence-corrected chi connectivity index (χ4v) is 5.10. The van der Waals surface area contributed by atoms with Crippen LogP contribution in [-0.4, -0.2) is 70.2 Å². The first-order valence-corrected chi connectivity index (χ1v) is 14.0. The highest BCUT2D eigenvalue weighted by Crippen LogP contribution is 2.48. The Labute approximate surface area is 237 Å². The number of amides is 1. The van der Waals surface area contributed by atoms with Gasteiger partial charge in [0.15, 0.2) is 11.5 Å². The molecule has 41 heavy (non-hydrogen) atoms. The molecule has 0 spiro atoms. The Morgan fingerprint density at radius 2 is 1.90 bits per heavy atom. The third-order valence-corrected chi connectivity index (χ3v) is 7.29. The van der Waals surface area contributed by atoms with E-state index < -0.39 is 11.8 Å². The summed E-state index contributed by atoms with van der Waals surface area (Å²) in [6.45, 7) is 8.90. The second-order valence-electron chi connectivity index (χ2n) is 11.7. The second-order valence-corrected chi connectivity index (χ2v) is 11.7. The van der Waals surface area contributed by atoms with Gasteiger partial charge in [-0.25, -0.2) is 14.8 Å². The van der Waals surface area contributed by atoms with Crippen molar-refractivity contribution in [2.75, 3.05) is 26.5 Å². The Bertz CT molecular complexity index is 1470. The van der Waals surface area contributed by atoms with E-state index in [1.165, 1.54) is 19.2 Å². The molecule has 12 nitrogen and oxygen atoms in total. The number of rotatable bonds is 7. The van der Waals surface area contributed by atoms with Crippen molar-refractivity contribution in [3.8, 4) is 28.5 Å². The molecule has 1 aromatic carbocycles. The molecule has 2 N–H and O–H groups in total. The van der Waals surface area contributed by atoms with Gasteiger partial charge in [0, 0.05) is 24.8 Å². The predicted octanol–water partition coefficient (Wildman–Crippen LogP) is 4.51. The molecule has 1 amide bonds. The van der Waals surface area contributed by atoms with Crippen LogP contribution in [-0.2, 0) is 9.57 Å². The van der Waals surface area contributed by atoms with Gasteiger partial charge in [0.25, 0.3) is 5.91 Å². The summed E-state index contributed by atoms with van der Waals surface area (Å²) in [5.74, 6) is 2.18. The minimum absolute atomic E-state index is 0.0861. The fourth-order valence-electron chi connectivity index (χ4n) is 5.10. The molecule has 1 saturated heterocycles. The molecule has 2 aromatic heterocycles. The summed E-state index contributed by atoms with van der Waals surface area (Å²) in [5.41, 5.74) is 2.90. The molecular formula is C29H35N5O7. The van der Waals surface area contributed by atoms with E-state index in [4.69, 9.17) is 23.8 Å². The maximum absolute atomic E-state index is 13.5. The normalized spacial score (nSPS) is 17.5. The van der Waals surface area contributed by atoms with Crippen molar-refractivity contribution in [2.24, 2.45) is 5.92 Å². The van der Waals surface area contributed by atoms with E-state index in [9.17, 15) is 9.59 Å². The van der Waals surface area contributed by atoms with Crippen molar-refractivity contribution in [3.63, 3.8) is 0 Å². The summed E-state index contributed by atoms with van der Waals surface area (Å²) in [4.78, 5) is 43.3. The number of aromatic amines is 1. The first kappa shape index (κ1) is 27.1. The van der Waals surface area contributed by atoms with Gasteiger partial charge in [0.2, 0.25) is 6.79 Å². The Morgan fingerprint density at radius 3 is 2.63 bits per heavy atom. The molecule has 2 fully saturated rings. The number of aryl methyl sites for hydroxylation is 1. The zero-order valence-corrected chi connectivity index (χ0v) is 23.7. The van der Waals surface area contributed by atoms with Crippen molar-refractivity contribution in [2.45, 2.75) is 65.0 Å². The van der Waals surface area contributed by atoms with E-state index in [0.717, 1.165) is 0 Å². The van der Waals surface area contributed by atoms with Crippen molar-refractivity contribution in [3.05, 3.63) is 29.7 Å². The average molecular weight is 566 g/mol. The van der Waals surface area contributed by atoms with Crippen LogP contribution < -0.4 is 19.5 Å². The van der Waals surface area contributed by atoms with Crippen LogP contribution in [0, 0.1) is 12.8 Å². The summed E-state index contributed by atoms with van der Waals surface area (Å²) in [6, 6.07) is 3.63. The number of aromatic nitrogens is 3. The monoisotopic (exact) mass is 565 g/mol. The average Bonchev–Trinajstić information content (AvgIpc) is 3.50. The zero-order chi connectivity index (χ0) is 28.7. The standard InChI is InChI=1S/C29H35N5O7/c1-16-21(27(35)33-18-9-11-34(12-10-18)41-28(36)40-29(2,3)4)23-25(32-16)24(31-14-30-23)22-19(37-13-17-5-6-17)7-8-20-26(22)39-15-38-20/h7-8,14,17-18,32H,5-6,9-13,15H2,1-4H3,(H,33,35). The van der Waals surface area contributed by atoms with Crippen molar-refractivity contribution >= 4 is 23.1 Å². The Morgan fingerprint density at radius 1 is 1.12 bits per heavy atom. The van der Waals surface area contributed by atoms with Crippen LogP contribution in [0.4, 0.5) is 4.79 Å². The van der Waals surface area contributed by atoms with Crippen molar-refractivity contribution < 1.29 is 33.4 Å². The minimum atomic E-state index is -0.730. The molecule has 6 rings (SSSR count). The zero-order valence-electron chi connectivity index (χ0n) is 23.7. The molecule has 1 aliphatic carbocycles. The van der Waals surface area contributed by atoms with Crippen LogP contribution in [0.3, 0.4) is 0 Å². The van der Waals surface area contributed by atoms with E-state index in [-0.39, 0.29) is 18.7 Å². The number of hydrogen-bond acceptors (Lipinski definition) is 10. The minimum Gasteiger partial charge on any atom is -0.492 e. The summed E-state index contributed by atoms with van der Waals surface area (Å²) in [7, 11) is 0. The highest BCUT2D eigenvalue weighted by molar-refractivity contribution is 6.09. The number of carbonyl (C=O) groups excluding carboxylic acids is 2. The molecule has 3 aliphatic rings. The lowest BCUT2D eigenvalue weighted by Gasteiger charge is -2.31. The summed E-state index contributed by atoms with van der Waals surface area (Å²) in [5, 5.41) is 4.70. The number of hydrogen-bond donors (Lipinski definition) is 2. The van der Waals surface area contributed by atoms with Gasteiger partial charge in [-0.05, 0) is 71.4 Å². The van der Waals surface area contributed by atoms with E-state index in [1.54, 1.807) is 25.8 Å². The van der Waals surface area contributed by atoms with E-state index in [1.807, 2.05) is 19.1 Å². The number of fused-ring (bicyclic) bond motifs is 2. The lowest BCUT2D eigenvalue weighted by atomic mass is 10.0. The predicted molar refractivity (Wildman–Crippen MR) is 148 cm³/mol. The van der Waals surface area contributed by atoms with Crippen LogP contribution in [0.25, 0.3) is 22.3 Å². The maximum atomic E-state index is 13.5. The largest absolute Gasteiger partial charge is 0.528 e. The fraction of sp³-hybridized carbons (Fsp3) is 0.517. The number of H-pyrrole nitrogens is 1. The molecule has 0 atom stereocenters. The summed E-state index contributed by atoms with van der Waals surface area (Å²) < 4.78 is 22.9. The SMILES string of the molecule is Cc1[nH]c2c(-c3c(OCC4CC4)ccc4c3OCO4)ncnc2c1C(=O)NC1CCN(OC(=O)OC(C)(C)C)CC1. The number of piperidine rings is 1. The van der Waals surface area contributed by atoms with Gasteiger partial charge in [-0.2, -0.15) is 0 Å². The van der Waals surface area contributed by atoms with E-state index in [2.05, 4.69) is 20.3 Å². The number of hydroxylamine groups is 2. The third-order valence-electron chi connectivity index (χ3n) is 7.29. The first-order chi connectivity index (χ1) is 19.7. The Kier molecular flexibility index (Phi) is 7.10. The lowest BCUT2D eigenvalue weighted by molar-refractivity contribution is -0.152. The summed E-state index contributed by atoms with van der Waals surface area (Å²) in [6.07, 6.45) is 4.29. The Balaban J connectivity index is 1.20. The molecule has 218 valence electrons. The molecule has 2 aliphatic heterocycles. The van der Waals surface area contributed by atoms with E-state index in [0.29, 0.717) is 89.3 Å². The van der Waals surface area contributed by atoms with E-state index >= 15 is 0 Å². The third kappa shape index (κ3) is 5.88. The van der Waals surface area contributed by atoms with Gasteiger partial charge < -0.3 is 34.1 Å². The molecule has 0 bridgehead atoms. The number of nitrogens with one attached hydrogen (secondary N) is 2. The molecule has 0 unspecified atom stereocenters. The number of carbonyl (C=O) groups is 2. The van der Waals surface area contributed by atoms with Crippen LogP contribution >= 0.6 is 0 Å². The van der Waals surface area contributed by atoms with Gasteiger partial charge in [0.05, 0.1) is 23.3 Å². The number of ether oxygens (including phenoxy) is 4. The van der Waals surface area contributed by atoms with Crippen LogP contribution in [0.5, 0.6) is 17.2 Å². The van der Waals surface area contributed by atoms with Crippen LogP contribution in [0.15, 0.2) is 18.5 Å².